The number of amides is 1. The van der Waals surface area contributed by atoms with E-state index in [1.807, 2.05) is 32.9 Å². The summed E-state index contributed by atoms with van der Waals surface area (Å²) in [5.41, 5.74) is 4.88. The predicted molar refractivity (Wildman–Crippen MR) is 56.8 cm³/mol. The van der Waals surface area contributed by atoms with Gasteiger partial charge in [0.15, 0.2) is 0 Å². The van der Waals surface area contributed by atoms with Gasteiger partial charge in [0.25, 0.3) is 5.91 Å². The van der Waals surface area contributed by atoms with Crippen LogP contribution in [0.5, 0.6) is 0 Å². The molecule has 1 amide bonds. The first-order valence-electron chi connectivity index (χ1n) is 4.69. The Bertz CT molecular complexity index is 311. The van der Waals surface area contributed by atoms with E-state index in [1.54, 1.807) is 11.7 Å². The lowest BCUT2D eigenvalue weighted by Crippen LogP contribution is -2.39. The van der Waals surface area contributed by atoms with Crippen molar-refractivity contribution in [1.82, 2.24) is 9.99 Å². The van der Waals surface area contributed by atoms with Crippen LogP contribution in [-0.4, -0.2) is 23.7 Å². The van der Waals surface area contributed by atoms with E-state index in [4.69, 9.17) is 0 Å². The Balaban J connectivity index is 2.74. The molecule has 0 saturated carbocycles. The molecule has 78 valence electrons. The topological polar surface area (TPSA) is 46.1 Å². The molecule has 1 aromatic rings. The molecule has 0 fully saturated rings. The van der Waals surface area contributed by atoms with Gasteiger partial charge in [-0.05, 0) is 40.0 Å². The summed E-state index contributed by atoms with van der Waals surface area (Å²) in [6.07, 6.45) is 0. The third-order valence-corrected chi connectivity index (χ3v) is 2.32. The molecule has 0 saturated heterocycles. The predicted octanol–water partition coefficient (Wildman–Crippen LogP) is 0.783. The van der Waals surface area contributed by atoms with Crippen LogP contribution in [0.15, 0.2) is 12.1 Å². The molecule has 0 aliphatic heterocycles. The second kappa shape index (κ2) is 4.28. The zero-order valence-electron chi connectivity index (χ0n) is 9.09. The van der Waals surface area contributed by atoms with Gasteiger partial charge in [-0.25, -0.2) is 0 Å². The largest absolute Gasteiger partial charge is 0.309 e. The molecule has 0 aromatic carbocycles. The van der Waals surface area contributed by atoms with Crippen LogP contribution in [-0.2, 0) is 4.79 Å². The summed E-state index contributed by atoms with van der Waals surface area (Å²) in [7, 11) is 1.76. The van der Waals surface area contributed by atoms with E-state index < -0.39 is 0 Å². The van der Waals surface area contributed by atoms with Crippen molar-refractivity contribution < 1.29 is 4.79 Å². The first kappa shape index (κ1) is 10.8. The summed E-state index contributed by atoms with van der Waals surface area (Å²) in [5, 5.41) is 2.89. The number of hydrogen-bond donors (Lipinski definition) is 2. The van der Waals surface area contributed by atoms with Crippen molar-refractivity contribution in [3.05, 3.63) is 23.5 Å². The Morgan fingerprint density at radius 1 is 1.36 bits per heavy atom. The number of carbonyl (C=O) groups is 1. The highest BCUT2D eigenvalue weighted by molar-refractivity contribution is 5.88. The van der Waals surface area contributed by atoms with Gasteiger partial charge in [-0.2, -0.15) is 0 Å². The average molecular weight is 195 g/mol. The van der Waals surface area contributed by atoms with Crippen molar-refractivity contribution >= 4 is 5.91 Å². The van der Waals surface area contributed by atoms with Crippen LogP contribution in [0.4, 0.5) is 0 Å². The Kier molecular flexibility index (Phi) is 3.30. The first-order chi connectivity index (χ1) is 6.56. The number of hydrogen-bond acceptors (Lipinski definition) is 2. The van der Waals surface area contributed by atoms with E-state index in [0.29, 0.717) is 0 Å². The highest BCUT2D eigenvalue weighted by Gasteiger charge is 2.11. The first-order valence-corrected chi connectivity index (χ1v) is 4.69. The molecule has 1 rings (SSSR count). The minimum atomic E-state index is -0.184. The average Bonchev–Trinajstić information content (AvgIpc) is 2.48. The Labute approximate surface area is 84.3 Å². The number of likely N-dealkylation sites (N-methyl/N-ethyl adjacent to an activating group) is 1. The second-order valence-corrected chi connectivity index (χ2v) is 3.44. The molecule has 1 heterocycles. The van der Waals surface area contributed by atoms with Crippen molar-refractivity contribution in [2.45, 2.75) is 26.8 Å². The fourth-order valence-electron chi connectivity index (χ4n) is 1.18. The Hall–Kier alpha value is -1.29. The molecule has 0 spiro atoms. The van der Waals surface area contributed by atoms with Crippen LogP contribution in [0.3, 0.4) is 0 Å². The summed E-state index contributed by atoms with van der Waals surface area (Å²) < 4.78 is 1.79. The number of aryl methyl sites for hydroxylation is 2. The van der Waals surface area contributed by atoms with Gasteiger partial charge in [0.2, 0.25) is 0 Å². The van der Waals surface area contributed by atoms with Crippen molar-refractivity contribution in [1.29, 1.82) is 0 Å². The van der Waals surface area contributed by atoms with Gasteiger partial charge in [-0.1, -0.05) is 0 Å². The SMILES string of the molecule is CNC(C)C(=O)Nn1c(C)ccc1C. The standard InChI is InChI=1S/C10H17N3O/c1-7-5-6-8(2)13(7)12-10(14)9(3)11-4/h5-6,9,11H,1-4H3,(H,12,14). The summed E-state index contributed by atoms with van der Waals surface area (Å²) >= 11 is 0. The molecule has 0 bridgehead atoms. The maximum atomic E-state index is 11.6. The fourth-order valence-corrected chi connectivity index (χ4v) is 1.18. The van der Waals surface area contributed by atoms with Crippen molar-refractivity contribution in [2.75, 3.05) is 12.5 Å². The third kappa shape index (κ3) is 2.14. The van der Waals surface area contributed by atoms with E-state index in [-0.39, 0.29) is 11.9 Å². The Morgan fingerprint density at radius 2 is 1.86 bits per heavy atom. The smallest absolute Gasteiger partial charge is 0.255 e. The van der Waals surface area contributed by atoms with Gasteiger partial charge in [0.1, 0.15) is 0 Å². The zero-order chi connectivity index (χ0) is 10.7. The number of nitrogens with one attached hydrogen (secondary N) is 2. The molecule has 2 N–H and O–H groups in total. The lowest BCUT2D eigenvalue weighted by atomic mass is 10.3. The molecular weight excluding hydrogens is 178 g/mol. The van der Waals surface area contributed by atoms with Crippen molar-refractivity contribution in [3.63, 3.8) is 0 Å². The molecule has 0 aliphatic carbocycles. The number of nitrogens with zero attached hydrogens (tertiary/aromatic N) is 1. The highest BCUT2D eigenvalue weighted by atomic mass is 16.2. The highest BCUT2D eigenvalue weighted by Crippen LogP contribution is 2.04. The van der Waals surface area contributed by atoms with Gasteiger partial charge >= 0.3 is 0 Å². The lowest BCUT2D eigenvalue weighted by molar-refractivity contribution is -0.118. The maximum absolute atomic E-state index is 11.6. The molecule has 1 unspecified atom stereocenters. The summed E-state index contributed by atoms with van der Waals surface area (Å²) in [6, 6.07) is 3.76. The molecule has 14 heavy (non-hydrogen) atoms. The molecule has 4 nitrogen and oxygen atoms in total. The zero-order valence-corrected chi connectivity index (χ0v) is 9.09. The second-order valence-electron chi connectivity index (χ2n) is 3.44. The molecular formula is C10H17N3O. The number of aromatic nitrogens is 1. The summed E-state index contributed by atoms with van der Waals surface area (Å²) in [5.74, 6) is -0.0325. The normalized spacial score (nSPS) is 12.6. The van der Waals surface area contributed by atoms with Crippen LogP contribution in [0.25, 0.3) is 0 Å². The number of rotatable bonds is 3. The number of carbonyl (C=O) groups excluding carboxylic acids is 1. The molecule has 0 aliphatic rings. The van der Waals surface area contributed by atoms with Crippen LogP contribution in [0, 0.1) is 13.8 Å². The van der Waals surface area contributed by atoms with Gasteiger partial charge in [-0.3, -0.25) is 14.9 Å². The molecule has 1 aromatic heterocycles. The fraction of sp³-hybridized carbons (Fsp3) is 0.500. The molecule has 1 atom stereocenters. The monoisotopic (exact) mass is 195 g/mol. The van der Waals surface area contributed by atoms with Crippen LogP contribution < -0.4 is 10.7 Å². The summed E-state index contributed by atoms with van der Waals surface area (Å²) in [4.78, 5) is 11.6. The Morgan fingerprint density at radius 3 is 2.29 bits per heavy atom. The van der Waals surface area contributed by atoms with Gasteiger partial charge < -0.3 is 5.32 Å². The van der Waals surface area contributed by atoms with E-state index in [2.05, 4.69) is 10.7 Å². The van der Waals surface area contributed by atoms with Crippen LogP contribution >= 0.6 is 0 Å². The van der Waals surface area contributed by atoms with Gasteiger partial charge in [-0.15, -0.1) is 0 Å². The van der Waals surface area contributed by atoms with Crippen molar-refractivity contribution in [2.24, 2.45) is 0 Å². The minimum Gasteiger partial charge on any atom is -0.309 e. The van der Waals surface area contributed by atoms with Crippen molar-refractivity contribution in [3.8, 4) is 0 Å². The van der Waals surface area contributed by atoms with Crippen LogP contribution in [0.1, 0.15) is 18.3 Å². The summed E-state index contributed by atoms with van der Waals surface area (Å²) in [6.45, 7) is 5.73. The molecule has 0 radical (unpaired) electrons. The van der Waals surface area contributed by atoms with Gasteiger partial charge in [0.05, 0.1) is 6.04 Å². The van der Waals surface area contributed by atoms with E-state index in [9.17, 15) is 4.79 Å². The van der Waals surface area contributed by atoms with Crippen LogP contribution in [0.2, 0.25) is 0 Å². The quantitative estimate of drug-likeness (QED) is 0.748. The lowest BCUT2D eigenvalue weighted by Gasteiger charge is -2.14. The van der Waals surface area contributed by atoms with E-state index in [0.717, 1.165) is 11.4 Å². The van der Waals surface area contributed by atoms with E-state index >= 15 is 0 Å². The van der Waals surface area contributed by atoms with E-state index in [1.165, 1.54) is 0 Å². The maximum Gasteiger partial charge on any atom is 0.255 e. The third-order valence-electron chi connectivity index (χ3n) is 2.32. The van der Waals surface area contributed by atoms with Gasteiger partial charge in [0, 0.05) is 11.4 Å². The minimum absolute atomic E-state index is 0.0325. The molecule has 4 heteroatoms.